The molecule has 1 aliphatic rings. The van der Waals surface area contributed by atoms with Gasteiger partial charge in [-0.2, -0.15) is 5.10 Å². The standard InChI is InChI=1S/C12H22N4O3S/c1-16-8-10(11(13)15-16)20(18,19)14-9-12(17)6-4-2-3-5-7-12/h8,14,17H,2-7,9H2,1H3,(H2,13,15). The Bertz CT molecular complexity index is 559. The Labute approximate surface area is 119 Å². The van der Waals surface area contributed by atoms with Gasteiger partial charge in [-0.15, -0.1) is 0 Å². The molecule has 0 unspecified atom stereocenters. The SMILES string of the molecule is Cn1cc(S(=O)(=O)NCC2(O)CCCCCC2)c(N)n1. The predicted octanol–water partition coefficient (Wildman–Crippen LogP) is 0.366. The summed E-state index contributed by atoms with van der Waals surface area (Å²) >= 11 is 0. The minimum atomic E-state index is -3.74. The molecule has 1 fully saturated rings. The number of nitrogens with two attached hydrogens (primary N) is 1. The molecule has 0 spiro atoms. The van der Waals surface area contributed by atoms with E-state index in [1.165, 1.54) is 10.9 Å². The van der Waals surface area contributed by atoms with E-state index in [4.69, 9.17) is 5.73 Å². The molecule has 0 atom stereocenters. The van der Waals surface area contributed by atoms with E-state index in [2.05, 4.69) is 9.82 Å². The highest BCUT2D eigenvalue weighted by atomic mass is 32.2. The molecule has 0 aliphatic heterocycles. The number of nitrogens with zero attached hydrogens (tertiary/aromatic N) is 2. The Morgan fingerprint density at radius 1 is 1.40 bits per heavy atom. The molecule has 20 heavy (non-hydrogen) atoms. The molecule has 1 heterocycles. The molecule has 1 aliphatic carbocycles. The molecule has 0 radical (unpaired) electrons. The molecule has 0 bridgehead atoms. The fourth-order valence-electron chi connectivity index (χ4n) is 2.56. The van der Waals surface area contributed by atoms with E-state index in [-0.39, 0.29) is 17.3 Å². The van der Waals surface area contributed by atoms with Gasteiger partial charge in [0.25, 0.3) is 0 Å². The fraction of sp³-hybridized carbons (Fsp3) is 0.750. The van der Waals surface area contributed by atoms with Crippen molar-refractivity contribution in [2.75, 3.05) is 12.3 Å². The zero-order valence-corrected chi connectivity index (χ0v) is 12.5. The molecular weight excluding hydrogens is 280 g/mol. The van der Waals surface area contributed by atoms with Crippen LogP contribution in [0.3, 0.4) is 0 Å². The maximum absolute atomic E-state index is 12.2. The van der Waals surface area contributed by atoms with Crippen LogP contribution in [0.2, 0.25) is 0 Å². The second-order valence-electron chi connectivity index (χ2n) is 5.52. The lowest BCUT2D eigenvalue weighted by Gasteiger charge is -2.26. The number of aromatic nitrogens is 2. The van der Waals surface area contributed by atoms with Crippen LogP contribution in [0.15, 0.2) is 11.1 Å². The van der Waals surface area contributed by atoms with Crippen molar-refractivity contribution in [3.63, 3.8) is 0 Å². The van der Waals surface area contributed by atoms with E-state index in [0.717, 1.165) is 25.7 Å². The summed E-state index contributed by atoms with van der Waals surface area (Å²) in [6, 6.07) is 0. The lowest BCUT2D eigenvalue weighted by atomic mass is 9.95. The van der Waals surface area contributed by atoms with Crippen LogP contribution < -0.4 is 10.5 Å². The third-order valence-electron chi connectivity index (χ3n) is 3.74. The number of aryl methyl sites for hydroxylation is 1. The molecule has 0 saturated heterocycles. The van der Waals surface area contributed by atoms with Gasteiger partial charge in [-0.1, -0.05) is 25.7 Å². The second kappa shape index (κ2) is 5.71. The van der Waals surface area contributed by atoms with Gasteiger partial charge in [0.1, 0.15) is 4.90 Å². The number of rotatable bonds is 4. The number of nitrogens with one attached hydrogen (secondary N) is 1. The lowest BCUT2D eigenvalue weighted by molar-refractivity contribution is 0.0303. The van der Waals surface area contributed by atoms with Gasteiger partial charge in [-0.3, -0.25) is 4.68 Å². The fourth-order valence-corrected chi connectivity index (χ4v) is 3.78. The summed E-state index contributed by atoms with van der Waals surface area (Å²) in [7, 11) is -2.13. The minimum absolute atomic E-state index is 0.0175. The number of anilines is 1. The van der Waals surface area contributed by atoms with Gasteiger partial charge in [0.05, 0.1) is 5.60 Å². The molecule has 1 aromatic rings. The highest BCUT2D eigenvalue weighted by Crippen LogP contribution is 2.27. The van der Waals surface area contributed by atoms with Gasteiger partial charge >= 0.3 is 0 Å². The number of aliphatic hydroxyl groups is 1. The van der Waals surface area contributed by atoms with Crippen molar-refractivity contribution in [3.05, 3.63) is 6.20 Å². The van der Waals surface area contributed by atoms with Crippen LogP contribution in [-0.4, -0.2) is 35.5 Å². The second-order valence-corrected chi connectivity index (χ2v) is 7.25. The third kappa shape index (κ3) is 3.50. The van der Waals surface area contributed by atoms with Gasteiger partial charge in [0, 0.05) is 19.8 Å². The monoisotopic (exact) mass is 302 g/mol. The molecular formula is C12H22N4O3S. The maximum atomic E-state index is 12.2. The van der Waals surface area contributed by atoms with Crippen molar-refractivity contribution in [1.29, 1.82) is 0 Å². The van der Waals surface area contributed by atoms with E-state index < -0.39 is 15.6 Å². The lowest BCUT2D eigenvalue weighted by Crippen LogP contribution is -2.42. The van der Waals surface area contributed by atoms with Gasteiger partial charge in [0.15, 0.2) is 5.82 Å². The summed E-state index contributed by atoms with van der Waals surface area (Å²) in [6.07, 6.45) is 6.63. The molecule has 114 valence electrons. The van der Waals surface area contributed by atoms with Crippen molar-refractivity contribution >= 4 is 15.8 Å². The first-order valence-corrected chi connectivity index (χ1v) is 8.32. The highest BCUT2D eigenvalue weighted by molar-refractivity contribution is 7.89. The van der Waals surface area contributed by atoms with Crippen molar-refractivity contribution in [2.45, 2.75) is 49.0 Å². The Morgan fingerprint density at radius 2 is 2.00 bits per heavy atom. The number of nitrogen functional groups attached to an aromatic ring is 1. The molecule has 1 saturated carbocycles. The van der Waals surface area contributed by atoms with E-state index in [0.29, 0.717) is 12.8 Å². The summed E-state index contributed by atoms with van der Waals surface area (Å²) in [5.74, 6) is -0.0344. The Balaban J connectivity index is 2.07. The average Bonchev–Trinajstić information content (AvgIpc) is 2.59. The van der Waals surface area contributed by atoms with Crippen molar-refractivity contribution < 1.29 is 13.5 Å². The van der Waals surface area contributed by atoms with Gasteiger partial charge < -0.3 is 10.8 Å². The number of sulfonamides is 1. The van der Waals surface area contributed by atoms with Crippen LogP contribution in [0.25, 0.3) is 0 Å². The van der Waals surface area contributed by atoms with Crippen LogP contribution in [0, 0.1) is 0 Å². The van der Waals surface area contributed by atoms with Crippen molar-refractivity contribution in [1.82, 2.24) is 14.5 Å². The van der Waals surface area contributed by atoms with E-state index in [1.807, 2.05) is 0 Å². The van der Waals surface area contributed by atoms with Gasteiger partial charge in [-0.25, -0.2) is 13.1 Å². The summed E-state index contributed by atoms with van der Waals surface area (Å²) in [4.78, 5) is -0.0442. The molecule has 7 nitrogen and oxygen atoms in total. The molecule has 0 amide bonds. The van der Waals surface area contributed by atoms with Crippen LogP contribution in [0.4, 0.5) is 5.82 Å². The van der Waals surface area contributed by atoms with Crippen LogP contribution in [0.1, 0.15) is 38.5 Å². The minimum Gasteiger partial charge on any atom is -0.389 e. The maximum Gasteiger partial charge on any atom is 0.245 e. The number of hydrogen-bond acceptors (Lipinski definition) is 5. The Morgan fingerprint density at radius 3 is 2.50 bits per heavy atom. The molecule has 2 rings (SSSR count). The summed E-state index contributed by atoms with van der Waals surface area (Å²) in [5.41, 5.74) is 4.62. The highest BCUT2D eigenvalue weighted by Gasteiger charge is 2.31. The first kappa shape index (κ1) is 15.3. The smallest absolute Gasteiger partial charge is 0.245 e. The quantitative estimate of drug-likeness (QED) is 0.696. The topological polar surface area (TPSA) is 110 Å². The van der Waals surface area contributed by atoms with Crippen molar-refractivity contribution in [3.8, 4) is 0 Å². The molecule has 8 heteroatoms. The first-order valence-electron chi connectivity index (χ1n) is 6.84. The predicted molar refractivity (Wildman–Crippen MR) is 75.5 cm³/mol. The van der Waals surface area contributed by atoms with Gasteiger partial charge in [0.2, 0.25) is 10.0 Å². The van der Waals surface area contributed by atoms with E-state index >= 15 is 0 Å². The van der Waals surface area contributed by atoms with Gasteiger partial charge in [-0.05, 0) is 12.8 Å². The molecule has 1 aromatic heterocycles. The normalized spacial score (nSPS) is 19.7. The zero-order chi connectivity index (χ0) is 14.8. The van der Waals surface area contributed by atoms with E-state index in [9.17, 15) is 13.5 Å². The zero-order valence-electron chi connectivity index (χ0n) is 11.7. The average molecular weight is 302 g/mol. The van der Waals surface area contributed by atoms with E-state index in [1.54, 1.807) is 7.05 Å². The number of hydrogen-bond donors (Lipinski definition) is 3. The van der Waals surface area contributed by atoms with Crippen LogP contribution >= 0.6 is 0 Å². The Kier molecular flexibility index (Phi) is 4.36. The molecule has 0 aromatic carbocycles. The third-order valence-corrected chi connectivity index (χ3v) is 5.15. The first-order chi connectivity index (χ1) is 9.32. The largest absolute Gasteiger partial charge is 0.389 e. The summed E-state index contributed by atoms with van der Waals surface area (Å²) < 4.78 is 28.2. The van der Waals surface area contributed by atoms with Crippen LogP contribution in [-0.2, 0) is 17.1 Å². The molecule has 4 N–H and O–H groups in total. The summed E-state index contributed by atoms with van der Waals surface area (Å²) in [6.45, 7) is 0.0175. The Hall–Kier alpha value is -1.12. The summed E-state index contributed by atoms with van der Waals surface area (Å²) in [5, 5.41) is 14.3. The van der Waals surface area contributed by atoms with Crippen molar-refractivity contribution in [2.24, 2.45) is 7.05 Å². The van der Waals surface area contributed by atoms with Crippen LogP contribution in [0.5, 0.6) is 0 Å².